The Morgan fingerprint density at radius 1 is 1.28 bits per heavy atom. The van der Waals surface area contributed by atoms with Gasteiger partial charge in [0.15, 0.2) is 5.96 Å². The molecule has 0 aliphatic carbocycles. The Hall–Kier alpha value is -2.29. The van der Waals surface area contributed by atoms with E-state index in [0.717, 1.165) is 16.6 Å². The largest absolute Gasteiger partial charge is 0.495 e. The summed E-state index contributed by atoms with van der Waals surface area (Å²) in [6.07, 6.45) is 0. The van der Waals surface area contributed by atoms with Crippen LogP contribution in [0.4, 0.5) is 10.1 Å². The highest BCUT2D eigenvalue weighted by molar-refractivity contribution is 14.0. The minimum absolute atomic E-state index is 0. The second-order valence-corrected chi connectivity index (χ2v) is 5.32. The van der Waals surface area contributed by atoms with Crippen LogP contribution >= 0.6 is 24.0 Å². The highest BCUT2D eigenvalue weighted by Crippen LogP contribution is 2.27. The number of anilines is 1. The van der Waals surface area contributed by atoms with Gasteiger partial charge in [0.25, 0.3) is 0 Å². The van der Waals surface area contributed by atoms with Gasteiger partial charge < -0.3 is 20.2 Å². The lowest BCUT2D eigenvalue weighted by molar-refractivity contribution is 0.417. The third kappa shape index (κ3) is 4.22. The fourth-order valence-electron chi connectivity index (χ4n) is 2.48. The standard InChI is InChI=1S/C18H18FN3O2.HI/c1-11-13-9-12(19)7-8-15(13)24-17(11)10-21-18(20)22-14-5-3-4-6-16(14)23-2;/h3-9H,10H2,1-2H3,(H3,20,21,22);1H. The second-order valence-electron chi connectivity index (χ2n) is 5.32. The summed E-state index contributed by atoms with van der Waals surface area (Å²) in [7, 11) is 1.59. The molecule has 0 saturated heterocycles. The van der Waals surface area contributed by atoms with E-state index >= 15 is 0 Å². The molecule has 3 rings (SSSR count). The van der Waals surface area contributed by atoms with Gasteiger partial charge in [0, 0.05) is 10.9 Å². The molecule has 1 heterocycles. The molecule has 0 bridgehead atoms. The molecule has 1 aromatic heterocycles. The van der Waals surface area contributed by atoms with Crippen LogP contribution in [-0.4, -0.2) is 13.1 Å². The molecule has 0 aliphatic rings. The van der Waals surface area contributed by atoms with Crippen molar-refractivity contribution in [2.45, 2.75) is 13.5 Å². The van der Waals surface area contributed by atoms with Gasteiger partial charge in [-0.3, -0.25) is 0 Å². The molecule has 5 nitrogen and oxygen atoms in total. The van der Waals surface area contributed by atoms with E-state index in [2.05, 4.69) is 10.3 Å². The lowest BCUT2D eigenvalue weighted by Crippen LogP contribution is -2.22. The molecular weight excluding hydrogens is 436 g/mol. The van der Waals surface area contributed by atoms with Gasteiger partial charge in [-0.1, -0.05) is 12.1 Å². The van der Waals surface area contributed by atoms with Gasteiger partial charge in [0.05, 0.1) is 12.8 Å². The zero-order valence-corrected chi connectivity index (χ0v) is 16.2. The number of aliphatic imine (C=N–C) groups is 1. The van der Waals surface area contributed by atoms with Crippen LogP contribution in [0.1, 0.15) is 11.3 Å². The van der Waals surface area contributed by atoms with Crippen molar-refractivity contribution in [3.63, 3.8) is 0 Å². The average molecular weight is 455 g/mol. The van der Waals surface area contributed by atoms with Crippen LogP contribution in [0.5, 0.6) is 5.75 Å². The van der Waals surface area contributed by atoms with Crippen molar-refractivity contribution in [1.82, 2.24) is 0 Å². The number of rotatable bonds is 4. The topological polar surface area (TPSA) is 72.8 Å². The number of ether oxygens (including phenoxy) is 1. The van der Waals surface area contributed by atoms with Gasteiger partial charge >= 0.3 is 0 Å². The molecule has 25 heavy (non-hydrogen) atoms. The van der Waals surface area contributed by atoms with E-state index < -0.39 is 0 Å². The van der Waals surface area contributed by atoms with Crippen LogP contribution in [0.25, 0.3) is 11.0 Å². The minimum atomic E-state index is -0.293. The number of nitrogens with zero attached hydrogens (tertiary/aromatic N) is 1. The first-order chi connectivity index (χ1) is 11.6. The SMILES string of the molecule is COc1ccccc1NC(N)=NCc1oc2ccc(F)cc2c1C.I. The molecule has 0 saturated carbocycles. The van der Waals surface area contributed by atoms with Crippen LogP contribution in [-0.2, 0) is 6.54 Å². The number of hydrogen-bond acceptors (Lipinski definition) is 3. The summed E-state index contributed by atoms with van der Waals surface area (Å²) in [5, 5.41) is 3.74. The van der Waals surface area contributed by atoms with Crippen molar-refractivity contribution in [2.24, 2.45) is 10.7 Å². The highest BCUT2D eigenvalue weighted by Gasteiger charge is 2.11. The van der Waals surface area contributed by atoms with Crippen molar-refractivity contribution < 1.29 is 13.5 Å². The van der Waals surface area contributed by atoms with E-state index in [1.54, 1.807) is 13.2 Å². The summed E-state index contributed by atoms with van der Waals surface area (Å²) in [6.45, 7) is 2.14. The van der Waals surface area contributed by atoms with Crippen molar-refractivity contribution >= 4 is 46.6 Å². The number of para-hydroxylation sites is 2. The van der Waals surface area contributed by atoms with E-state index in [1.807, 2.05) is 31.2 Å². The van der Waals surface area contributed by atoms with E-state index in [1.165, 1.54) is 12.1 Å². The first-order valence-electron chi connectivity index (χ1n) is 7.46. The van der Waals surface area contributed by atoms with Crippen LogP contribution in [0.3, 0.4) is 0 Å². The van der Waals surface area contributed by atoms with Crippen molar-refractivity contribution in [2.75, 3.05) is 12.4 Å². The molecule has 0 unspecified atom stereocenters. The fourth-order valence-corrected chi connectivity index (χ4v) is 2.48. The number of nitrogens with one attached hydrogen (secondary N) is 1. The number of halogens is 2. The normalized spacial score (nSPS) is 11.2. The molecule has 0 aliphatic heterocycles. The number of hydrogen-bond donors (Lipinski definition) is 2. The van der Waals surface area contributed by atoms with Gasteiger partial charge in [-0.15, -0.1) is 24.0 Å². The summed E-state index contributed by atoms with van der Waals surface area (Å²) >= 11 is 0. The second kappa shape index (κ2) is 8.19. The lowest BCUT2D eigenvalue weighted by Gasteiger charge is -2.09. The number of methoxy groups -OCH3 is 1. The number of fused-ring (bicyclic) bond motifs is 1. The lowest BCUT2D eigenvalue weighted by atomic mass is 10.1. The summed E-state index contributed by atoms with van der Waals surface area (Å²) in [4.78, 5) is 4.28. The number of benzene rings is 2. The quantitative estimate of drug-likeness (QED) is 0.347. The number of guanidine groups is 1. The number of furan rings is 1. The molecule has 132 valence electrons. The van der Waals surface area contributed by atoms with Gasteiger partial charge in [-0.2, -0.15) is 0 Å². The van der Waals surface area contributed by atoms with Crippen LogP contribution in [0, 0.1) is 12.7 Å². The predicted molar refractivity (Wildman–Crippen MR) is 108 cm³/mol. The fraction of sp³-hybridized carbons (Fsp3) is 0.167. The minimum Gasteiger partial charge on any atom is -0.495 e. The number of aryl methyl sites for hydroxylation is 1. The molecule has 7 heteroatoms. The van der Waals surface area contributed by atoms with Gasteiger partial charge in [-0.25, -0.2) is 9.38 Å². The van der Waals surface area contributed by atoms with E-state index in [9.17, 15) is 4.39 Å². The first-order valence-corrected chi connectivity index (χ1v) is 7.46. The number of nitrogens with two attached hydrogens (primary N) is 1. The molecule has 0 amide bonds. The van der Waals surface area contributed by atoms with Crippen LogP contribution in [0.2, 0.25) is 0 Å². The van der Waals surface area contributed by atoms with Crippen LogP contribution < -0.4 is 15.8 Å². The summed E-state index contributed by atoms with van der Waals surface area (Å²) in [5.74, 6) is 1.27. The smallest absolute Gasteiger partial charge is 0.193 e. The monoisotopic (exact) mass is 455 g/mol. The summed E-state index contributed by atoms with van der Waals surface area (Å²) in [5.41, 5.74) is 8.15. The highest BCUT2D eigenvalue weighted by atomic mass is 127. The molecule has 0 radical (unpaired) electrons. The molecular formula is C18H19FIN3O2. The van der Waals surface area contributed by atoms with E-state index in [0.29, 0.717) is 17.1 Å². The Bertz CT molecular complexity index is 908. The maximum Gasteiger partial charge on any atom is 0.193 e. The third-order valence-electron chi connectivity index (χ3n) is 3.76. The molecule has 0 spiro atoms. The Kier molecular flexibility index (Phi) is 6.24. The molecule has 3 aromatic rings. The van der Waals surface area contributed by atoms with Gasteiger partial charge in [-0.05, 0) is 37.3 Å². The Morgan fingerprint density at radius 2 is 2.04 bits per heavy atom. The average Bonchev–Trinajstić information content (AvgIpc) is 2.89. The van der Waals surface area contributed by atoms with E-state index in [4.69, 9.17) is 14.9 Å². The molecule has 3 N–H and O–H groups in total. The van der Waals surface area contributed by atoms with Gasteiger partial charge in [0.1, 0.15) is 29.5 Å². The molecule has 0 atom stereocenters. The maximum absolute atomic E-state index is 13.3. The Balaban J connectivity index is 0.00000225. The Morgan fingerprint density at radius 3 is 2.80 bits per heavy atom. The van der Waals surface area contributed by atoms with Gasteiger partial charge in [0.2, 0.25) is 0 Å². The Labute approximate surface area is 162 Å². The molecule has 2 aromatic carbocycles. The van der Waals surface area contributed by atoms with Crippen molar-refractivity contribution in [3.05, 3.63) is 59.6 Å². The summed E-state index contributed by atoms with van der Waals surface area (Å²) < 4.78 is 24.3. The summed E-state index contributed by atoms with van der Waals surface area (Å²) in [6, 6.07) is 11.9. The zero-order chi connectivity index (χ0) is 17.1. The zero-order valence-electron chi connectivity index (χ0n) is 13.9. The van der Waals surface area contributed by atoms with Crippen molar-refractivity contribution in [1.29, 1.82) is 0 Å². The first kappa shape index (κ1) is 19.0. The van der Waals surface area contributed by atoms with Crippen molar-refractivity contribution in [3.8, 4) is 5.75 Å². The third-order valence-corrected chi connectivity index (χ3v) is 3.76. The maximum atomic E-state index is 13.3. The van der Waals surface area contributed by atoms with Crippen LogP contribution in [0.15, 0.2) is 51.9 Å². The predicted octanol–water partition coefficient (Wildman–Crippen LogP) is 4.43. The molecule has 0 fully saturated rings. The van der Waals surface area contributed by atoms with E-state index in [-0.39, 0.29) is 42.3 Å².